The number of nitrogens with one attached hydrogen (secondary N) is 1. The molecule has 2 amide bonds. The van der Waals surface area contributed by atoms with Crippen LogP contribution in [0.5, 0.6) is 0 Å². The number of anilines is 1. The van der Waals surface area contributed by atoms with Gasteiger partial charge in [-0.05, 0) is 38.8 Å². The predicted octanol–water partition coefficient (Wildman–Crippen LogP) is 4.00. The Hall–Kier alpha value is -3.48. The molecule has 0 radical (unpaired) electrons. The van der Waals surface area contributed by atoms with Crippen LogP contribution in [0, 0.1) is 27.7 Å². The number of benzene rings is 2. The number of rotatable bonds is 7. The molecule has 31 heavy (non-hydrogen) atoms. The van der Waals surface area contributed by atoms with Crippen molar-refractivity contribution in [2.24, 2.45) is 0 Å². The van der Waals surface area contributed by atoms with Crippen LogP contribution in [-0.2, 0) is 16.0 Å². The van der Waals surface area contributed by atoms with E-state index in [0.717, 1.165) is 33.5 Å². The van der Waals surface area contributed by atoms with Crippen molar-refractivity contribution in [1.82, 2.24) is 15.0 Å². The van der Waals surface area contributed by atoms with Crippen molar-refractivity contribution >= 4 is 17.5 Å². The molecule has 7 heteroatoms. The molecule has 0 spiro atoms. The van der Waals surface area contributed by atoms with Crippen molar-refractivity contribution in [2.75, 3.05) is 18.9 Å². The van der Waals surface area contributed by atoms with Gasteiger partial charge < -0.3 is 14.7 Å². The van der Waals surface area contributed by atoms with E-state index in [0.29, 0.717) is 18.1 Å². The van der Waals surface area contributed by atoms with Gasteiger partial charge in [-0.1, -0.05) is 52.7 Å². The number of likely N-dealkylation sites (N-methyl/N-ethyl adjacent to an activating group) is 1. The van der Waals surface area contributed by atoms with E-state index < -0.39 is 0 Å². The first-order valence-corrected chi connectivity index (χ1v) is 10.2. The molecule has 0 atom stereocenters. The Bertz CT molecular complexity index is 1060. The molecule has 3 aromatic rings. The van der Waals surface area contributed by atoms with Crippen molar-refractivity contribution in [3.8, 4) is 11.4 Å². The quantitative estimate of drug-likeness (QED) is 0.624. The summed E-state index contributed by atoms with van der Waals surface area (Å²) in [4.78, 5) is 30.6. The molecular weight excluding hydrogens is 392 g/mol. The predicted molar refractivity (Wildman–Crippen MR) is 120 cm³/mol. The van der Waals surface area contributed by atoms with Crippen molar-refractivity contribution in [3.63, 3.8) is 0 Å². The molecule has 2 aromatic carbocycles. The highest BCUT2D eigenvalue weighted by atomic mass is 16.5. The summed E-state index contributed by atoms with van der Waals surface area (Å²) in [5.74, 6) is 0.500. The summed E-state index contributed by atoms with van der Waals surface area (Å²) in [7, 11) is 1.61. The molecule has 7 nitrogen and oxygen atoms in total. The zero-order valence-electron chi connectivity index (χ0n) is 18.7. The third-order valence-electron chi connectivity index (χ3n) is 5.08. The van der Waals surface area contributed by atoms with Gasteiger partial charge >= 0.3 is 0 Å². The maximum atomic E-state index is 12.5. The smallest absolute Gasteiger partial charge is 0.243 e. The van der Waals surface area contributed by atoms with E-state index >= 15 is 0 Å². The van der Waals surface area contributed by atoms with Gasteiger partial charge in [0.1, 0.15) is 0 Å². The molecule has 0 aliphatic rings. The van der Waals surface area contributed by atoms with Gasteiger partial charge in [0.05, 0.1) is 6.54 Å². The first-order chi connectivity index (χ1) is 14.7. The third-order valence-corrected chi connectivity index (χ3v) is 5.08. The number of amides is 2. The molecule has 0 saturated heterocycles. The second-order valence-electron chi connectivity index (χ2n) is 7.95. The average molecular weight is 421 g/mol. The average Bonchev–Trinajstić information content (AvgIpc) is 3.18. The van der Waals surface area contributed by atoms with Crippen molar-refractivity contribution in [3.05, 3.63) is 64.5 Å². The van der Waals surface area contributed by atoms with Gasteiger partial charge in [-0.15, -0.1) is 0 Å². The Labute approximate surface area is 182 Å². The van der Waals surface area contributed by atoms with Crippen LogP contribution in [0.15, 0.2) is 40.9 Å². The molecule has 0 aliphatic carbocycles. The Morgan fingerprint density at radius 3 is 2.29 bits per heavy atom. The summed E-state index contributed by atoms with van der Waals surface area (Å²) in [5.41, 5.74) is 5.96. The number of nitrogens with zero attached hydrogens (tertiary/aromatic N) is 3. The van der Waals surface area contributed by atoms with E-state index in [1.165, 1.54) is 4.90 Å². The zero-order valence-corrected chi connectivity index (χ0v) is 18.7. The van der Waals surface area contributed by atoms with Crippen molar-refractivity contribution < 1.29 is 14.1 Å². The lowest BCUT2D eigenvalue weighted by Crippen LogP contribution is -2.35. The second kappa shape index (κ2) is 9.55. The SMILES string of the molecule is Cc1ccc(-c2noc(CCC(=O)N(C)CC(=O)Nc3c(C)cc(C)cc3C)n2)cc1. The molecular formula is C24H28N4O3. The summed E-state index contributed by atoms with van der Waals surface area (Å²) in [6.45, 7) is 7.92. The number of hydrogen-bond donors (Lipinski definition) is 1. The topological polar surface area (TPSA) is 88.3 Å². The summed E-state index contributed by atoms with van der Waals surface area (Å²) >= 11 is 0. The van der Waals surface area contributed by atoms with Crippen molar-refractivity contribution in [2.45, 2.75) is 40.5 Å². The molecule has 0 fully saturated rings. The number of aromatic nitrogens is 2. The molecule has 3 rings (SSSR count). The molecule has 1 heterocycles. The van der Waals surface area contributed by atoms with Crippen LogP contribution in [0.1, 0.15) is 34.6 Å². The first kappa shape index (κ1) is 22.2. The minimum absolute atomic E-state index is 0.0238. The lowest BCUT2D eigenvalue weighted by atomic mass is 10.1. The van der Waals surface area contributed by atoms with Crippen LogP contribution < -0.4 is 5.32 Å². The van der Waals surface area contributed by atoms with Gasteiger partial charge in [-0.2, -0.15) is 4.98 Å². The Morgan fingerprint density at radius 2 is 1.65 bits per heavy atom. The maximum Gasteiger partial charge on any atom is 0.243 e. The Balaban J connectivity index is 1.52. The monoisotopic (exact) mass is 420 g/mol. The highest BCUT2D eigenvalue weighted by Crippen LogP contribution is 2.22. The van der Waals surface area contributed by atoms with Crippen LogP contribution in [0.2, 0.25) is 0 Å². The Kier molecular flexibility index (Phi) is 6.84. The van der Waals surface area contributed by atoms with E-state index in [1.807, 2.05) is 64.1 Å². The molecule has 0 unspecified atom stereocenters. The maximum absolute atomic E-state index is 12.5. The van der Waals surface area contributed by atoms with E-state index in [2.05, 4.69) is 15.5 Å². The number of carbonyl (C=O) groups excluding carboxylic acids is 2. The lowest BCUT2D eigenvalue weighted by molar-refractivity contribution is -0.133. The first-order valence-electron chi connectivity index (χ1n) is 10.2. The third kappa shape index (κ3) is 5.78. The van der Waals surface area contributed by atoms with Gasteiger partial charge in [-0.25, -0.2) is 0 Å². The normalized spacial score (nSPS) is 10.7. The summed E-state index contributed by atoms with van der Waals surface area (Å²) < 4.78 is 5.26. The lowest BCUT2D eigenvalue weighted by Gasteiger charge is -2.18. The van der Waals surface area contributed by atoms with Crippen LogP contribution in [0.25, 0.3) is 11.4 Å². The van der Waals surface area contributed by atoms with Crippen LogP contribution in [0.3, 0.4) is 0 Å². The van der Waals surface area contributed by atoms with Crippen LogP contribution >= 0.6 is 0 Å². The molecule has 0 saturated carbocycles. The molecule has 0 aliphatic heterocycles. The fourth-order valence-electron chi connectivity index (χ4n) is 3.44. The van der Waals surface area contributed by atoms with Gasteiger partial charge in [0, 0.05) is 31.1 Å². The van der Waals surface area contributed by atoms with Crippen molar-refractivity contribution in [1.29, 1.82) is 0 Å². The van der Waals surface area contributed by atoms with E-state index in [9.17, 15) is 9.59 Å². The largest absolute Gasteiger partial charge is 0.339 e. The van der Waals surface area contributed by atoms with Gasteiger partial charge in [0.25, 0.3) is 0 Å². The van der Waals surface area contributed by atoms with Gasteiger partial charge in [0.15, 0.2) is 0 Å². The van der Waals surface area contributed by atoms with Crippen LogP contribution in [0.4, 0.5) is 5.69 Å². The number of aryl methyl sites for hydroxylation is 5. The second-order valence-corrected chi connectivity index (χ2v) is 7.95. The highest BCUT2D eigenvalue weighted by Gasteiger charge is 2.16. The fraction of sp³-hybridized carbons (Fsp3) is 0.333. The van der Waals surface area contributed by atoms with E-state index in [4.69, 9.17) is 4.52 Å². The Morgan fingerprint density at radius 1 is 1.00 bits per heavy atom. The number of carbonyl (C=O) groups is 2. The minimum Gasteiger partial charge on any atom is -0.339 e. The summed E-state index contributed by atoms with van der Waals surface area (Å²) in [6, 6.07) is 11.9. The van der Waals surface area contributed by atoms with Gasteiger partial charge in [0.2, 0.25) is 23.5 Å². The molecule has 1 N–H and O–H groups in total. The van der Waals surface area contributed by atoms with E-state index in [-0.39, 0.29) is 24.8 Å². The molecule has 0 bridgehead atoms. The molecule has 162 valence electrons. The zero-order chi connectivity index (χ0) is 22.5. The van der Waals surface area contributed by atoms with Gasteiger partial charge in [-0.3, -0.25) is 9.59 Å². The molecule has 1 aromatic heterocycles. The highest BCUT2D eigenvalue weighted by molar-refractivity contribution is 5.95. The number of hydrogen-bond acceptors (Lipinski definition) is 5. The minimum atomic E-state index is -0.231. The summed E-state index contributed by atoms with van der Waals surface area (Å²) in [6.07, 6.45) is 0.502. The van der Waals surface area contributed by atoms with Crippen LogP contribution in [-0.4, -0.2) is 40.4 Å². The summed E-state index contributed by atoms with van der Waals surface area (Å²) in [5, 5.41) is 6.90. The standard InChI is InChI=1S/C24H28N4O3/c1-15-6-8-19(9-7-15)24-26-21(31-27-24)10-11-22(30)28(5)14-20(29)25-23-17(3)12-16(2)13-18(23)4/h6-9,12-13H,10-11,14H2,1-5H3,(H,25,29). The van der Waals surface area contributed by atoms with E-state index in [1.54, 1.807) is 7.05 Å². The fourth-order valence-corrected chi connectivity index (χ4v) is 3.44.